The van der Waals surface area contributed by atoms with Gasteiger partial charge in [0.15, 0.2) is 11.7 Å². The lowest BCUT2D eigenvalue weighted by molar-refractivity contribution is 0.606. The normalized spacial score (nSPS) is 13.1. The molecule has 0 bridgehead atoms. The number of benzene rings is 2. The van der Waals surface area contributed by atoms with E-state index in [0.717, 1.165) is 18.1 Å². The first-order valence-electron chi connectivity index (χ1n) is 6.22. The van der Waals surface area contributed by atoms with E-state index in [1.807, 2.05) is 0 Å². The molecule has 0 atom stereocenters. The van der Waals surface area contributed by atoms with Gasteiger partial charge in [-0.3, -0.25) is 0 Å². The molecule has 0 N–H and O–H groups in total. The van der Waals surface area contributed by atoms with E-state index in [9.17, 15) is 17.6 Å². The van der Waals surface area contributed by atoms with E-state index in [-0.39, 0.29) is 17.5 Å². The van der Waals surface area contributed by atoms with Gasteiger partial charge in [0, 0.05) is 11.1 Å². The summed E-state index contributed by atoms with van der Waals surface area (Å²) < 4.78 is 51.3. The van der Waals surface area contributed by atoms with Crippen LogP contribution in [0.2, 0.25) is 0 Å². The van der Waals surface area contributed by atoms with Gasteiger partial charge in [0.1, 0.15) is 12.2 Å². The van der Waals surface area contributed by atoms with Crippen LogP contribution in [-0.4, -0.2) is 0 Å². The van der Waals surface area contributed by atoms with Crippen LogP contribution in [0.5, 0.6) is 0 Å². The second kappa shape index (κ2) is 6.39. The van der Waals surface area contributed by atoms with Crippen molar-refractivity contribution in [1.82, 2.24) is 0 Å². The summed E-state index contributed by atoms with van der Waals surface area (Å²) >= 11 is 0. The van der Waals surface area contributed by atoms with Crippen molar-refractivity contribution in [2.75, 3.05) is 0 Å². The molecule has 0 saturated heterocycles. The Balaban J connectivity index is 2.29. The van der Waals surface area contributed by atoms with Gasteiger partial charge in [-0.2, -0.15) is 0 Å². The predicted molar refractivity (Wildman–Crippen MR) is 76.9 cm³/mol. The second-order valence-corrected chi connectivity index (χ2v) is 4.46. The number of rotatable bonds is 3. The number of hydrogen-bond donors (Lipinski definition) is 0. The van der Waals surface area contributed by atoms with Gasteiger partial charge >= 0.3 is 0 Å². The highest BCUT2D eigenvalue weighted by molar-refractivity contribution is 5.70. The van der Waals surface area contributed by atoms with Gasteiger partial charge in [-0.25, -0.2) is 17.6 Å². The maximum Gasteiger partial charge on any atom is 0.161 e. The predicted octanol–water partition coefficient (Wildman–Crippen LogP) is 6.22. The van der Waals surface area contributed by atoms with Gasteiger partial charge in [-0.1, -0.05) is 48.5 Å². The Kier molecular flexibility index (Phi) is 4.58. The van der Waals surface area contributed by atoms with Gasteiger partial charge in [-0.05, 0) is 18.1 Å². The molecule has 0 fully saturated rings. The van der Waals surface area contributed by atoms with Crippen LogP contribution in [0.1, 0.15) is 18.1 Å². The first kappa shape index (κ1) is 15.0. The van der Waals surface area contributed by atoms with Crippen LogP contribution in [-0.2, 0) is 0 Å². The van der Waals surface area contributed by atoms with Crippen molar-refractivity contribution < 1.29 is 17.6 Å². The summed E-state index contributed by atoms with van der Waals surface area (Å²) in [7, 11) is 0. The summed E-state index contributed by atoms with van der Waals surface area (Å²) in [6.45, 7) is 1.05. The van der Waals surface area contributed by atoms with Crippen LogP contribution < -0.4 is 0 Å². The average molecular weight is 292 g/mol. The zero-order chi connectivity index (χ0) is 15.4. The van der Waals surface area contributed by atoms with E-state index in [1.54, 1.807) is 24.3 Å². The SMILES string of the molecule is C/C(F)=C(/F)c1ccc(-c2ccc(/C(F)=C/F)cc2)cc1. The smallest absolute Gasteiger partial charge is 0.161 e. The average Bonchev–Trinajstić information content (AvgIpc) is 2.53. The summed E-state index contributed by atoms with van der Waals surface area (Å²) in [5, 5.41) is 0. The fraction of sp³-hybridized carbons (Fsp3) is 0.0588. The van der Waals surface area contributed by atoms with E-state index >= 15 is 0 Å². The molecule has 0 aliphatic rings. The van der Waals surface area contributed by atoms with Crippen molar-refractivity contribution >= 4 is 11.7 Å². The molecule has 0 nitrogen and oxygen atoms in total. The zero-order valence-electron chi connectivity index (χ0n) is 11.2. The fourth-order valence-electron chi connectivity index (χ4n) is 1.89. The van der Waals surface area contributed by atoms with E-state index in [0.29, 0.717) is 0 Å². The fourth-order valence-corrected chi connectivity index (χ4v) is 1.89. The van der Waals surface area contributed by atoms with Crippen molar-refractivity contribution in [2.45, 2.75) is 6.92 Å². The molecule has 108 valence electrons. The third-order valence-corrected chi connectivity index (χ3v) is 3.03. The molecule has 2 rings (SSSR count). The highest BCUT2D eigenvalue weighted by Crippen LogP contribution is 2.26. The van der Waals surface area contributed by atoms with Gasteiger partial charge in [0.05, 0.1) is 0 Å². The third kappa shape index (κ3) is 3.40. The summed E-state index contributed by atoms with van der Waals surface area (Å²) in [6, 6.07) is 12.3. The van der Waals surface area contributed by atoms with Crippen molar-refractivity contribution in [2.24, 2.45) is 0 Å². The molecule has 0 aliphatic carbocycles. The minimum Gasteiger partial charge on any atom is -0.212 e. The molecular weight excluding hydrogens is 280 g/mol. The molecule has 0 unspecified atom stereocenters. The second-order valence-electron chi connectivity index (χ2n) is 4.46. The quantitative estimate of drug-likeness (QED) is 0.589. The molecule has 0 aliphatic heterocycles. The Morgan fingerprint density at radius 3 is 1.57 bits per heavy atom. The maximum absolute atomic E-state index is 13.4. The molecule has 0 spiro atoms. The van der Waals surface area contributed by atoms with Crippen LogP contribution in [0.25, 0.3) is 22.8 Å². The molecule has 0 saturated carbocycles. The van der Waals surface area contributed by atoms with Crippen LogP contribution in [0, 0.1) is 0 Å². The molecule has 0 heterocycles. The Morgan fingerprint density at radius 2 is 1.19 bits per heavy atom. The standard InChI is InChI=1S/C17H12F4/c1-11(19)17(21)15-8-4-13(5-9-15)12-2-6-14(7-3-12)16(20)10-18/h2-10H,1H3/b16-10-,17-11-. The first-order valence-corrected chi connectivity index (χ1v) is 6.22. The Morgan fingerprint density at radius 1 is 0.762 bits per heavy atom. The van der Waals surface area contributed by atoms with Gasteiger partial charge in [-0.15, -0.1) is 0 Å². The number of allylic oxidation sites excluding steroid dienone is 1. The summed E-state index contributed by atoms with van der Waals surface area (Å²) in [5.41, 5.74) is 1.82. The molecule has 0 radical (unpaired) electrons. The van der Waals surface area contributed by atoms with Gasteiger partial charge in [0.2, 0.25) is 0 Å². The van der Waals surface area contributed by atoms with E-state index in [4.69, 9.17) is 0 Å². The van der Waals surface area contributed by atoms with Crippen molar-refractivity contribution in [3.63, 3.8) is 0 Å². The summed E-state index contributed by atoms with van der Waals surface area (Å²) in [6.07, 6.45) is -0.0990. The lowest BCUT2D eigenvalue weighted by Crippen LogP contribution is -1.83. The molecule has 2 aromatic rings. The third-order valence-electron chi connectivity index (χ3n) is 3.03. The van der Waals surface area contributed by atoms with Crippen LogP contribution in [0.3, 0.4) is 0 Å². The van der Waals surface area contributed by atoms with Gasteiger partial charge < -0.3 is 0 Å². The molecule has 4 heteroatoms. The Hall–Kier alpha value is -2.36. The number of halogens is 4. The Bertz CT molecular complexity index is 676. The molecule has 2 aromatic carbocycles. The van der Waals surface area contributed by atoms with Crippen LogP contribution >= 0.6 is 0 Å². The summed E-state index contributed by atoms with van der Waals surface area (Å²) in [5.74, 6) is -2.71. The Labute approximate surface area is 120 Å². The minimum absolute atomic E-state index is 0.0990. The largest absolute Gasteiger partial charge is 0.212 e. The van der Waals surface area contributed by atoms with E-state index in [1.165, 1.54) is 24.3 Å². The monoisotopic (exact) mass is 292 g/mol. The zero-order valence-corrected chi connectivity index (χ0v) is 11.2. The van der Waals surface area contributed by atoms with Crippen LogP contribution in [0.15, 0.2) is 60.7 Å². The molecule has 0 aromatic heterocycles. The van der Waals surface area contributed by atoms with Crippen molar-refractivity contribution in [3.8, 4) is 11.1 Å². The van der Waals surface area contributed by atoms with Gasteiger partial charge in [0.25, 0.3) is 0 Å². The van der Waals surface area contributed by atoms with E-state index < -0.39 is 17.5 Å². The first-order chi connectivity index (χ1) is 10.0. The topological polar surface area (TPSA) is 0 Å². The molecule has 0 amide bonds. The van der Waals surface area contributed by atoms with Crippen molar-refractivity contribution in [3.05, 3.63) is 71.8 Å². The van der Waals surface area contributed by atoms with Crippen molar-refractivity contribution in [1.29, 1.82) is 0 Å². The molecule has 21 heavy (non-hydrogen) atoms. The highest BCUT2D eigenvalue weighted by atomic mass is 19.2. The van der Waals surface area contributed by atoms with E-state index in [2.05, 4.69) is 0 Å². The number of hydrogen-bond acceptors (Lipinski definition) is 0. The lowest BCUT2D eigenvalue weighted by Gasteiger charge is -2.05. The lowest BCUT2D eigenvalue weighted by atomic mass is 10.0. The minimum atomic E-state index is -0.942. The highest BCUT2D eigenvalue weighted by Gasteiger charge is 2.06. The van der Waals surface area contributed by atoms with Crippen LogP contribution in [0.4, 0.5) is 17.6 Å². The summed E-state index contributed by atoms with van der Waals surface area (Å²) in [4.78, 5) is 0. The maximum atomic E-state index is 13.4. The molecular formula is C17H12F4.